The van der Waals surface area contributed by atoms with Crippen LogP contribution in [0.15, 0.2) is 6.07 Å². The Balaban J connectivity index is 2.59. The second kappa shape index (κ2) is 3.06. The van der Waals surface area contributed by atoms with Crippen LogP contribution in [0.3, 0.4) is 0 Å². The lowest BCUT2D eigenvalue weighted by atomic mass is 10.4. The molecule has 0 aliphatic rings. The topological polar surface area (TPSA) is 80.4 Å². The molecule has 2 aromatic rings. The molecule has 1 N–H and O–H groups in total. The maximum absolute atomic E-state index is 10.6. The highest BCUT2D eigenvalue weighted by atomic mass is 16.4. The zero-order valence-electron chi connectivity index (χ0n) is 7.43. The van der Waals surface area contributed by atoms with E-state index in [-0.39, 0.29) is 11.5 Å². The van der Waals surface area contributed by atoms with Gasteiger partial charge in [0.05, 0.1) is 6.20 Å². The molecule has 0 amide bonds. The molecule has 71 valence electrons. The standard InChI is InChI=1S/C8H7N4O2/c1-2-6-10-8-9-5(7(13)14)3-4-12(8)11-6/h3H,2H2,1H3,(H,13,14). The van der Waals surface area contributed by atoms with E-state index in [1.807, 2.05) is 6.92 Å². The highest BCUT2D eigenvalue weighted by Crippen LogP contribution is 2.00. The van der Waals surface area contributed by atoms with Crippen LogP contribution >= 0.6 is 0 Å². The van der Waals surface area contributed by atoms with Gasteiger partial charge < -0.3 is 5.11 Å². The molecular weight excluding hydrogens is 184 g/mol. The molecule has 0 aliphatic carbocycles. The molecule has 1 radical (unpaired) electrons. The predicted octanol–water partition coefficient (Wildman–Crippen LogP) is 0.185. The lowest BCUT2D eigenvalue weighted by Crippen LogP contribution is -2.02. The Hall–Kier alpha value is -1.98. The molecule has 2 rings (SSSR count). The largest absolute Gasteiger partial charge is 0.477 e. The van der Waals surface area contributed by atoms with Crippen molar-refractivity contribution in [3.63, 3.8) is 0 Å². The molecule has 0 saturated heterocycles. The van der Waals surface area contributed by atoms with Gasteiger partial charge in [-0.3, -0.25) is 0 Å². The highest BCUT2D eigenvalue weighted by Gasteiger charge is 2.08. The lowest BCUT2D eigenvalue weighted by molar-refractivity contribution is 0.0690. The Labute approximate surface area is 79.2 Å². The maximum Gasteiger partial charge on any atom is 0.354 e. The summed E-state index contributed by atoms with van der Waals surface area (Å²) in [5, 5.41) is 12.7. The maximum atomic E-state index is 10.6. The summed E-state index contributed by atoms with van der Waals surface area (Å²) in [4.78, 5) is 18.4. The van der Waals surface area contributed by atoms with Crippen molar-refractivity contribution in [2.45, 2.75) is 13.3 Å². The quantitative estimate of drug-likeness (QED) is 0.732. The number of rotatable bonds is 2. The summed E-state index contributed by atoms with van der Waals surface area (Å²) in [5.41, 5.74) is -0.0763. The van der Waals surface area contributed by atoms with Crippen molar-refractivity contribution in [3.8, 4) is 0 Å². The first kappa shape index (κ1) is 8.61. The van der Waals surface area contributed by atoms with E-state index in [0.29, 0.717) is 12.2 Å². The number of fused-ring (bicyclic) bond motifs is 1. The minimum atomic E-state index is -1.09. The van der Waals surface area contributed by atoms with Gasteiger partial charge in [-0.05, 0) is 6.07 Å². The van der Waals surface area contributed by atoms with Gasteiger partial charge in [0.25, 0.3) is 5.78 Å². The summed E-state index contributed by atoms with van der Waals surface area (Å²) >= 11 is 0. The number of nitrogens with zero attached hydrogens (tertiary/aromatic N) is 4. The summed E-state index contributed by atoms with van der Waals surface area (Å²) in [6, 6.07) is 1.27. The molecule has 2 heterocycles. The minimum absolute atomic E-state index is 0.0763. The summed E-state index contributed by atoms with van der Waals surface area (Å²) in [7, 11) is 0. The lowest BCUT2D eigenvalue weighted by Gasteiger charge is -1.91. The van der Waals surface area contributed by atoms with Crippen molar-refractivity contribution < 1.29 is 9.90 Å². The number of aromatic carboxylic acids is 1. The van der Waals surface area contributed by atoms with Crippen LogP contribution < -0.4 is 0 Å². The van der Waals surface area contributed by atoms with Crippen molar-refractivity contribution in [2.24, 2.45) is 0 Å². The minimum Gasteiger partial charge on any atom is -0.477 e. The third-order valence-electron chi connectivity index (χ3n) is 1.71. The Morgan fingerprint density at radius 3 is 3.07 bits per heavy atom. The van der Waals surface area contributed by atoms with Gasteiger partial charge in [-0.2, -0.15) is 9.50 Å². The number of carbonyl (C=O) groups is 1. The Bertz CT molecular complexity index is 491. The van der Waals surface area contributed by atoms with Crippen LogP contribution in [0.5, 0.6) is 0 Å². The molecular formula is C8H7N4O2. The van der Waals surface area contributed by atoms with Crippen molar-refractivity contribution in [1.29, 1.82) is 0 Å². The molecule has 6 heteroatoms. The van der Waals surface area contributed by atoms with Crippen LogP contribution in [0, 0.1) is 6.20 Å². The Morgan fingerprint density at radius 1 is 1.64 bits per heavy atom. The van der Waals surface area contributed by atoms with Crippen LogP contribution in [0.4, 0.5) is 0 Å². The SMILES string of the molecule is CCc1nc2nc(C(=O)O)c[c]n2n1. The van der Waals surface area contributed by atoms with Crippen molar-refractivity contribution in [2.75, 3.05) is 0 Å². The number of carboxylic acid groups (broad SMARTS) is 1. The third-order valence-corrected chi connectivity index (χ3v) is 1.71. The summed E-state index contributed by atoms with van der Waals surface area (Å²) < 4.78 is 1.34. The number of aryl methyl sites for hydroxylation is 1. The molecule has 2 aromatic heterocycles. The van der Waals surface area contributed by atoms with Gasteiger partial charge in [0.1, 0.15) is 0 Å². The number of hydrogen-bond donors (Lipinski definition) is 1. The van der Waals surface area contributed by atoms with Crippen LogP contribution in [-0.2, 0) is 6.42 Å². The van der Waals surface area contributed by atoms with Gasteiger partial charge in [-0.15, -0.1) is 5.10 Å². The van der Waals surface area contributed by atoms with Gasteiger partial charge in [0, 0.05) is 6.42 Å². The summed E-state index contributed by atoms with van der Waals surface area (Å²) in [6.07, 6.45) is 3.34. The Kier molecular flexibility index (Phi) is 1.88. The second-order valence-corrected chi connectivity index (χ2v) is 2.67. The van der Waals surface area contributed by atoms with E-state index >= 15 is 0 Å². The summed E-state index contributed by atoms with van der Waals surface area (Å²) in [6.45, 7) is 1.91. The van der Waals surface area contributed by atoms with E-state index < -0.39 is 5.97 Å². The highest BCUT2D eigenvalue weighted by molar-refractivity contribution is 5.85. The first-order valence-corrected chi connectivity index (χ1v) is 4.08. The number of carboxylic acids is 1. The smallest absolute Gasteiger partial charge is 0.354 e. The Morgan fingerprint density at radius 2 is 2.43 bits per heavy atom. The molecule has 6 nitrogen and oxygen atoms in total. The van der Waals surface area contributed by atoms with Gasteiger partial charge in [-0.25, -0.2) is 9.78 Å². The van der Waals surface area contributed by atoms with E-state index in [4.69, 9.17) is 5.11 Å². The zero-order valence-corrected chi connectivity index (χ0v) is 7.43. The fourth-order valence-corrected chi connectivity index (χ4v) is 1.03. The molecule has 0 atom stereocenters. The molecule has 0 spiro atoms. The number of aromatic nitrogens is 4. The van der Waals surface area contributed by atoms with E-state index in [1.165, 1.54) is 10.6 Å². The van der Waals surface area contributed by atoms with Crippen LogP contribution in [0.1, 0.15) is 23.2 Å². The van der Waals surface area contributed by atoms with E-state index in [2.05, 4.69) is 21.3 Å². The average Bonchev–Trinajstić information content (AvgIpc) is 2.58. The van der Waals surface area contributed by atoms with Gasteiger partial charge in [0.15, 0.2) is 11.5 Å². The van der Waals surface area contributed by atoms with Crippen molar-refractivity contribution in [3.05, 3.63) is 23.8 Å². The zero-order chi connectivity index (χ0) is 10.1. The van der Waals surface area contributed by atoms with Gasteiger partial charge in [-0.1, -0.05) is 6.92 Å². The predicted molar refractivity (Wildman–Crippen MR) is 46.0 cm³/mol. The molecule has 0 unspecified atom stereocenters. The molecule has 0 fully saturated rings. The van der Waals surface area contributed by atoms with Crippen LogP contribution in [0.2, 0.25) is 0 Å². The fourth-order valence-electron chi connectivity index (χ4n) is 1.03. The molecule has 14 heavy (non-hydrogen) atoms. The third kappa shape index (κ3) is 1.30. The number of hydrogen-bond acceptors (Lipinski definition) is 4. The van der Waals surface area contributed by atoms with Gasteiger partial charge >= 0.3 is 5.97 Å². The first-order valence-electron chi connectivity index (χ1n) is 4.08. The molecule has 0 bridgehead atoms. The van der Waals surface area contributed by atoms with Crippen LogP contribution in [-0.4, -0.2) is 30.7 Å². The van der Waals surface area contributed by atoms with Gasteiger partial charge in [0.2, 0.25) is 0 Å². The van der Waals surface area contributed by atoms with E-state index in [9.17, 15) is 4.79 Å². The van der Waals surface area contributed by atoms with Crippen molar-refractivity contribution >= 4 is 11.7 Å². The fraction of sp³-hybridized carbons (Fsp3) is 0.250. The average molecular weight is 191 g/mol. The van der Waals surface area contributed by atoms with E-state index in [0.717, 1.165) is 0 Å². The normalized spacial score (nSPS) is 10.6. The second-order valence-electron chi connectivity index (χ2n) is 2.67. The first-order chi connectivity index (χ1) is 6.70. The summed E-state index contributed by atoms with van der Waals surface area (Å²) in [5.74, 6) is -0.206. The van der Waals surface area contributed by atoms with Crippen LogP contribution in [0.25, 0.3) is 5.78 Å². The van der Waals surface area contributed by atoms with Crippen molar-refractivity contribution in [1.82, 2.24) is 19.6 Å². The van der Waals surface area contributed by atoms with E-state index in [1.54, 1.807) is 0 Å². The molecule has 0 aliphatic heterocycles. The molecule has 0 aromatic carbocycles. The molecule has 0 saturated carbocycles. The monoisotopic (exact) mass is 191 g/mol.